The summed E-state index contributed by atoms with van der Waals surface area (Å²) in [5.41, 5.74) is 1.64. The van der Waals surface area contributed by atoms with E-state index >= 15 is 0 Å². The number of fused-ring (bicyclic) bond motifs is 3. The van der Waals surface area contributed by atoms with Gasteiger partial charge in [-0.05, 0) is 60.2 Å². The summed E-state index contributed by atoms with van der Waals surface area (Å²) in [5.74, 6) is 0.169. The Morgan fingerprint density at radius 3 is 2.69 bits per heavy atom. The van der Waals surface area contributed by atoms with Crippen molar-refractivity contribution in [3.05, 3.63) is 76.0 Å². The van der Waals surface area contributed by atoms with Gasteiger partial charge in [0.05, 0.1) is 30.3 Å². The zero-order valence-electron chi connectivity index (χ0n) is 19.9. The number of benzene rings is 2. The number of carbonyl (C=O) groups is 1. The van der Waals surface area contributed by atoms with E-state index in [0.717, 1.165) is 29.6 Å². The molecule has 2 unspecified atom stereocenters. The Balaban J connectivity index is 1.42. The third-order valence-corrected chi connectivity index (χ3v) is 7.99. The summed E-state index contributed by atoms with van der Waals surface area (Å²) in [7, 11) is 1.63. The van der Waals surface area contributed by atoms with Crippen LogP contribution in [-0.2, 0) is 23.8 Å². The highest BCUT2D eigenvalue weighted by atomic mass is 32.1. The molecule has 0 radical (unpaired) electrons. The summed E-state index contributed by atoms with van der Waals surface area (Å²) in [4.78, 5) is 18.9. The SMILES string of the molecule is COc1ccccc1N1CCN2c3ccc(C(F)(F)F)cc3CC(C(=O)NCCc3cccs3)C2C1. The predicted octanol–water partition coefficient (Wildman–Crippen LogP) is 5.00. The molecular formula is C27H28F3N3O2S. The smallest absolute Gasteiger partial charge is 0.416 e. The lowest BCUT2D eigenvalue weighted by atomic mass is 9.82. The van der Waals surface area contributed by atoms with Gasteiger partial charge in [-0.25, -0.2) is 0 Å². The zero-order chi connectivity index (χ0) is 25.3. The summed E-state index contributed by atoms with van der Waals surface area (Å²) < 4.78 is 45.9. The third-order valence-electron chi connectivity index (χ3n) is 7.05. The van der Waals surface area contributed by atoms with Crippen LogP contribution >= 0.6 is 11.3 Å². The van der Waals surface area contributed by atoms with Crippen molar-refractivity contribution in [2.24, 2.45) is 5.92 Å². The fourth-order valence-corrected chi connectivity index (χ4v) is 6.01. The Bertz CT molecular complexity index is 1220. The van der Waals surface area contributed by atoms with Gasteiger partial charge in [-0.2, -0.15) is 13.2 Å². The zero-order valence-corrected chi connectivity index (χ0v) is 20.7. The number of anilines is 2. The maximum Gasteiger partial charge on any atom is 0.416 e. The highest BCUT2D eigenvalue weighted by molar-refractivity contribution is 7.09. The van der Waals surface area contributed by atoms with Crippen LogP contribution < -0.4 is 19.9 Å². The van der Waals surface area contributed by atoms with Crippen molar-refractivity contribution in [1.29, 1.82) is 0 Å². The van der Waals surface area contributed by atoms with E-state index in [0.29, 0.717) is 31.7 Å². The standard InChI is InChI=1S/C27H28F3N3O2S/c1-35-25-7-3-2-6-23(25)32-12-13-33-22-9-8-19(27(28,29)30)15-18(22)16-21(24(33)17-32)26(34)31-11-10-20-5-4-14-36-20/h2-9,14-15,21,24H,10-13,16-17H2,1H3,(H,31,34). The van der Waals surface area contributed by atoms with E-state index in [4.69, 9.17) is 4.74 Å². The Morgan fingerprint density at radius 2 is 1.94 bits per heavy atom. The van der Waals surface area contributed by atoms with E-state index in [1.54, 1.807) is 24.5 Å². The fourth-order valence-electron chi connectivity index (χ4n) is 5.30. The molecule has 2 aliphatic rings. The van der Waals surface area contributed by atoms with Crippen LogP contribution in [0.4, 0.5) is 24.5 Å². The Kier molecular flexibility index (Phi) is 6.83. The first-order chi connectivity index (χ1) is 17.3. The number of nitrogens with one attached hydrogen (secondary N) is 1. The monoisotopic (exact) mass is 515 g/mol. The minimum Gasteiger partial charge on any atom is -0.495 e. The van der Waals surface area contributed by atoms with Gasteiger partial charge >= 0.3 is 6.18 Å². The number of amides is 1. The normalized spacial score (nSPS) is 19.4. The molecule has 2 aliphatic heterocycles. The van der Waals surface area contributed by atoms with Crippen LogP contribution in [0.5, 0.6) is 5.75 Å². The molecule has 3 aromatic rings. The number of hydrogen-bond donors (Lipinski definition) is 1. The number of para-hydroxylation sites is 2. The van der Waals surface area contributed by atoms with E-state index in [-0.39, 0.29) is 18.4 Å². The van der Waals surface area contributed by atoms with Crippen molar-refractivity contribution < 1.29 is 22.7 Å². The van der Waals surface area contributed by atoms with Crippen molar-refractivity contribution in [3.8, 4) is 5.75 Å². The maximum absolute atomic E-state index is 13.4. The highest BCUT2D eigenvalue weighted by Gasteiger charge is 2.43. The number of nitrogens with zero attached hydrogens (tertiary/aromatic N) is 2. The molecule has 1 N–H and O–H groups in total. The van der Waals surface area contributed by atoms with Crippen LogP contribution in [0.15, 0.2) is 60.0 Å². The van der Waals surface area contributed by atoms with Gasteiger partial charge < -0.3 is 19.9 Å². The first-order valence-corrected chi connectivity index (χ1v) is 12.9. The minimum atomic E-state index is -4.42. The molecule has 0 spiro atoms. The van der Waals surface area contributed by atoms with Crippen LogP contribution in [-0.4, -0.2) is 45.2 Å². The van der Waals surface area contributed by atoms with E-state index in [1.165, 1.54) is 10.9 Å². The highest BCUT2D eigenvalue weighted by Crippen LogP contribution is 2.41. The molecule has 0 aliphatic carbocycles. The average molecular weight is 516 g/mol. The first-order valence-electron chi connectivity index (χ1n) is 12.0. The molecule has 5 nitrogen and oxygen atoms in total. The second-order valence-corrected chi connectivity index (χ2v) is 10.2. The number of ether oxygens (including phenoxy) is 1. The third kappa shape index (κ3) is 4.89. The van der Waals surface area contributed by atoms with Crippen LogP contribution in [0.3, 0.4) is 0 Å². The van der Waals surface area contributed by atoms with E-state index in [1.807, 2.05) is 41.8 Å². The number of halogens is 3. The topological polar surface area (TPSA) is 44.8 Å². The van der Waals surface area contributed by atoms with Gasteiger partial charge in [-0.1, -0.05) is 18.2 Å². The number of rotatable bonds is 6. The molecule has 2 atom stereocenters. The number of thiophene rings is 1. The van der Waals surface area contributed by atoms with Gasteiger partial charge in [-0.3, -0.25) is 4.79 Å². The minimum absolute atomic E-state index is 0.119. The van der Waals surface area contributed by atoms with Gasteiger partial charge in [0.2, 0.25) is 5.91 Å². The van der Waals surface area contributed by atoms with Crippen molar-refractivity contribution >= 4 is 28.6 Å². The lowest BCUT2D eigenvalue weighted by molar-refractivity contribution is -0.137. The molecule has 1 amide bonds. The Hall–Kier alpha value is -3.20. The van der Waals surface area contributed by atoms with Gasteiger partial charge in [0, 0.05) is 36.7 Å². The Morgan fingerprint density at radius 1 is 1.11 bits per heavy atom. The summed E-state index contributed by atoms with van der Waals surface area (Å²) in [5, 5.41) is 5.05. The summed E-state index contributed by atoms with van der Waals surface area (Å²) in [6.07, 6.45) is -3.43. The molecule has 1 aromatic heterocycles. The molecule has 190 valence electrons. The van der Waals surface area contributed by atoms with Crippen LogP contribution in [0.25, 0.3) is 0 Å². The number of hydrogen-bond acceptors (Lipinski definition) is 5. The average Bonchev–Trinajstić information content (AvgIpc) is 3.40. The van der Waals surface area contributed by atoms with Crippen molar-refractivity contribution in [3.63, 3.8) is 0 Å². The van der Waals surface area contributed by atoms with Crippen LogP contribution in [0.1, 0.15) is 16.0 Å². The quantitative estimate of drug-likeness (QED) is 0.502. The molecule has 3 heterocycles. The largest absolute Gasteiger partial charge is 0.495 e. The molecular weight excluding hydrogens is 487 g/mol. The molecule has 2 aromatic carbocycles. The fraction of sp³-hybridized carbons (Fsp3) is 0.370. The number of piperazine rings is 1. The van der Waals surface area contributed by atoms with Crippen LogP contribution in [0.2, 0.25) is 0 Å². The van der Waals surface area contributed by atoms with Gasteiger partial charge in [0.15, 0.2) is 0 Å². The summed E-state index contributed by atoms with van der Waals surface area (Å²) >= 11 is 1.64. The second kappa shape index (κ2) is 10.0. The molecule has 36 heavy (non-hydrogen) atoms. The summed E-state index contributed by atoms with van der Waals surface area (Å²) in [6, 6.07) is 15.5. The van der Waals surface area contributed by atoms with Crippen molar-refractivity contribution in [2.45, 2.75) is 25.1 Å². The van der Waals surface area contributed by atoms with Crippen molar-refractivity contribution in [2.75, 3.05) is 43.1 Å². The first kappa shape index (κ1) is 24.5. The van der Waals surface area contributed by atoms with E-state index in [2.05, 4.69) is 15.1 Å². The lowest BCUT2D eigenvalue weighted by Gasteiger charge is -2.49. The number of carbonyl (C=O) groups excluding carboxylic acids is 1. The second-order valence-electron chi connectivity index (χ2n) is 9.15. The number of alkyl halides is 3. The molecule has 9 heteroatoms. The van der Waals surface area contributed by atoms with Crippen LogP contribution in [0, 0.1) is 5.92 Å². The van der Waals surface area contributed by atoms with Crippen molar-refractivity contribution in [1.82, 2.24) is 5.32 Å². The predicted molar refractivity (Wildman–Crippen MR) is 136 cm³/mol. The molecule has 1 fully saturated rings. The van der Waals surface area contributed by atoms with E-state index in [9.17, 15) is 18.0 Å². The molecule has 5 rings (SSSR count). The van der Waals surface area contributed by atoms with Gasteiger partial charge in [0.25, 0.3) is 0 Å². The molecule has 0 saturated carbocycles. The number of methoxy groups -OCH3 is 1. The molecule has 1 saturated heterocycles. The maximum atomic E-state index is 13.4. The molecule has 0 bridgehead atoms. The van der Waals surface area contributed by atoms with Gasteiger partial charge in [-0.15, -0.1) is 11.3 Å². The van der Waals surface area contributed by atoms with E-state index < -0.39 is 17.7 Å². The Labute approximate surface area is 212 Å². The lowest BCUT2D eigenvalue weighted by Crippen LogP contribution is -2.61. The van der Waals surface area contributed by atoms with Gasteiger partial charge in [0.1, 0.15) is 5.75 Å². The summed E-state index contributed by atoms with van der Waals surface area (Å²) in [6.45, 7) is 2.34.